The van der Waals surface area contributed by atoms with Crippen molar-refractivity contribution in [2.24, 2.45) is 5.92 Å². The molecule has 0 aromatic carbocycles. The van der Waals surface area contributed by atoms with Gasteiger partial charge in [-0.2, -0.15) is 10.5 Å². The molecule has 0 bridgehead atoms. The summed E-state index contributed by atoms with van der Waals surface area (Å²) in [5.74, 6) is -0.200. The van der Waals surface area contributed by atoms with E-state index in [4.69, 9.17) is 10.5 Å². The van der Waals surface area contributed by atoms with Gasteiger partial charge in [0.1, 0.15) is 0 Å². The zero-order valence-electron chi connectivity index (χ0n) is 8.56. The molecule has 1 unspecified atom stereocenters. The minimum atomic E-state index is -3.24. The summed E-state index contributed by atoms with van der Waals surface area (Å²) in [6, 6.07) is 3.76. The van der Waals surface area contributed by atoms with Crippen molar-refractivity contribution in [1.82, 2.24) is 0 Å². The van der Waals surface area contributed by atoms with E-state index >= 15 is 0 Å². The van der Waals surface area contributed by atoms with Crippen LogP contribution in [0, 0.1) is 28.6 Å². The summed E-state index contributed by atoms with van der Waals surface area (Å²) in [6.45, 7) is 6.48. The first kappa shape index (κ1) is 12.1. The second-order valence-electron chi connectivity index (χ2n) is 3.81. The fraction of sp³-hybridized carbons (Fsp3) is 0.778. The average Bonchev–Trinajstić information content (AvgIpc) is 2.04. The normalized spacial score (nSPS) is 14.4. The lowest BCUT2D eigenvalue weighted by atomic mass is 9.93. The van der Waals surface area contributed by atoms with Gasteiger partial charge in [0.25, 0.3) is 8.41 Å². The van der Waals surface area contributed by atoms with Crippen LogP contribution in [0.2, 0.25) is 18.1 Å². The Labute approximate surface area is 80.2 Å². The van der Waals surface area contributed by atoms with E-state index in [1.807, 2.05) is 19.1 Å². The van der Waals surface area contributed by atoms with E-state index in [9.17, 15) is 4.11 Å². The number of nitrogens with zero attached hydrogens (tertiary/aromatic N) is 2. The SMILES string of the molecule is CCC(C)C(C#N)(C#N)[Si](C)(C)F. The van der Waals surface area contributed by atoms with Crippen LogP contribution < -0.4 is 0 Å². The third kappa shape index (κ3) is 1.89. The Hall–Kier alpha value is -0.873. The molecule has 0 fully saturated rings. The topological polar surface area (TPSA) is 47.6 Å². The highest BCUT2D eigenvalue weighted by Crippen LogP contribution is 2.46. The molecule has 0 rings (SSSR count). The smallest absolute Gasteiger partial charge is 0.276 e. The molecular formula is C9H15FN2Si. The lowest BCUT2D eigenvalue weighted by Crippen LogP contribution is -2.41. The van der Waals surface area contributed by atoms with Crippen molar-refractivity contribution in [1.29, 1.82) is 10.5 Å². The Kier molecular flexibility index (Phi) is 3.63. The van der Waals surface area contributed by atoms with E-state index in [1.165, 1.54) is 13.1 Å². The number of hydrogen-bond donors (Lipinski definition) is 0. The molecule has 0 spiro atoms. The number of halogens is 1. The van der Waals surface area contributed by atoms with Crippen LogP contribution >= 0.6 is 0 Å². The van der Waals surface area contributed by atoms with Gasteiger partial charge < -0.3 is 4.11 Å². The molecule has 2 nitrogen and oxygen atoms in total. The Morgan fingerprint density at radius 1 is 1.38 bits per heavy atom. The van der Waals surface area contributed by atoms with E-state index in [0.29, 0.717) is 6.42 Å². The molecule has 4 heteroatoms. The van der Waals surface area contributed by atoms with E-state index < -0.39 is 13.4 Å². The Balaban J connectivity index is 5.23. The molecule has 0 radical (unpaired) electrons. The summed E-state index contributed by atoms with van der Waals surface area (Å²) < 4.78 is 13.8. The average molecular weight is 198 g/mol. The first-order valence-corrected chi connectivity index (χ1v) is 7.25. The van der Waals surface area contributed by atoms with Gasteiger partial charge in [-0.3, -0.25) is 0 Å². The molecule has 0 aliphatic heterocycles. The summed E-state index contributed by atoms with van der Waals surface area (Å²) >= 11 is 0. The molecule has 72 valence electrons. The van der Waals surface area contributed by atoms with Crippen LogP contribution in [0.15, 0.2) is 0 Å². The van der Waals surface area contributed by atoms with E-state index in [1.54, 1.807) is 6.92 Å². The van der Waals surface area contributed by atoms with Gasteiger partial charge in [-0.15, -0.1) is 0 Å². The maximum Gasteiger partial charge on any atom is 0.276 e. The second kappa shape index (κ2) is 3.89. The van der Waals surface area contributed by atoms with E-state index in [-0.39, 0.29) is 5.92 Å². The van der Waals surface area contributed by atoms with Gasteiger partial charge in [0.15, 0.2) is 5.04 Å². The Bertz CT molecular complexity index is 242. The molecule has 0 N–H and O–H groups in total. The molecule has 0 aliphatic carbocycles. The lowest BCUT2D eigenvalue weighted by molar-refractivity contribution is 0.475. The fourth-order valence-electron chi connectivity index (χ4n) is 1.40. The van der Waals surface area contributed by atoms with Crippen molar-refractivity contribution in [3.8, 4) is 12.1 Å². The van der Waals surface area contributed by atoms with Crippen LogP contribution in [-0.2, 0) is 0 Å². The summed E-state index contributed by atoms with van der Waals surface area (Å²) in [5, 5.41) is 16.5. The molecule has 13 heavy (non-hydrogen) atoms. The largest absolute Gasteiger partial charge is 0.312 e. The van der Waals surface area contributed by atoms with Crippen LogP contribution in [-0.4, -0.2) is 8.41 Å². The van der Waals surface area contributed by atoms with Crippen molar-refractivity contribution in [3.05, 3.63) is 0 Å². The molecule has 0 aliphatic rings. The zero-order chi connectivity index (χ0) is 10.7. The van der Waals surface area contributed by atoms with Crippen molar-refractivity contribution in [2.75, 3.05) is 0 Å². The number of rotatable bonds is 3. The Morgan fingerprint density at radius 2 is 1.77 bits per heavy atom. The van der Waals surface area contributed by atoms with Gasteiger partial charge in [-0.05, 0) is 19.0 Å². The molecule has 1 atom stereocenters. The van der Waals surface area contributed by atoms with Crippen LogP contribution in [0.25, 0.3) is 0 Å². The minimum Gasteiger partial charge on any atom is -0.312 e. The summed E-state index contributed by atoms with van der Waals surface area (Å²) in [7, 11) is -3.24. The monoisotopic (exact) mass is 198 g/mol. The first-order chi connectivity index (χ1) is 5.85. The van der Waals surface area contributed by atoms with Gasteiger partial charge in [0, 0.05) is 0 Å². The molecule has 0 amide bonds. The van der Waals surface area contributed by atoms with Crippen molar-refractivity contribution in [3.63, 3.8) is 0 Å². The van der Waals surface area contributed by atoms with Crippen LogP contribution in [0.3, 0.4) is 0 Å². The second-order valence-corrected chi connectivity index (χ2v) is 7.55. The van der Waals surface area contributed by atoms with Gasteiger partial charge >= 0.3 is 0 Å². The quantitative estimate of drug-likeness (QED) is 0.517. The maximum absolute atomic E-state index is 13.8. The van der Waals surface area contributed by atoms with Crippen LogP contribution in [0.1, 0.15) is 20.3 Å². The molecular weight excluding hydrogens is 183 g/mol. The molecule has 0 aromatic rings. The van der Waals surface area contributed by atoms with E-state index in [0.717, 1.165) is 0 Å². The molecule has 0 saturated carbocycles. The van der Waals surface area contributed by atoms with Crippen molar-refractivity contribution >= 4 is 8.41 Å². The summed E-state index contributed by atoms with van der Waals surface area (Å²) in [5.41, 5.74) is 0. The number of nitriles is 2. The fourth-order valence-corrected chi connectivity index (χ4v) is 3.31. The van der Waals surface area contributed by atoms with Gasteiger partial charge in [-0.1, -0.05) is 20.3 Å². The number of hydrogen-bond acceptors (Lipinski definition) is 2. The lowest BCUT2D eigenvalue weighted by Gasteiger charge is -2.31. The summed E-state index contributed by atoms with van der Waals surface area (Å²) in [6.07, 6.45) is 0.654. The third-order valence-electron chi connectivity index (χ3n) is 2.64. The predicted molar refractivity (Wildman–Crippen MR) is 52.0 cm³/mol. The minimum absolute atomic E-state index is 0.200. The standard InChI is InChI=1S/C9H15FN2Si/c1-5-8(2)9(6-11,7-12)13(3,4)10/h8H,5H2,1-4H3. The first-order valence-electron chi connectivity index (χ1n) is 4.37. The van der Waals surface area contributed by atoms with Crippen LogP contribution in [0.4, 0.5) is 4.11 Å². The van der Waals surface area contributed by atoms with Gasteiger partial charge in [-0.25, -0.2) is 0 Å². The molecule has 0 aromatic heterocycles. The van der Waals surface area contributed by atoms with Crippen molar-refractivity contribution < 1.29 is 4.11 Å². The Morgan fingerprint density at radius 3 is 1.85 bits per heavy atom. The van der Waals surface area contributed by atoms with Crippen molar-refractivity contribution in [2.45, 2.75) is 38.4 Å². The van der Waals surface area contributed by atoms with Gasteiger partial charge in [0.2, 0.25) is 0 Å². The predicted octanol–water partition coefficient (Wildman–Crippen LogP) is 2.99. The third-order valence-corrected chi connectivity index (χ3v) is 5.23. The highest BCUT2D eigenvalue weighted by atomic mass is 28.4. The highest BCUT2D eigenvalue weighted by Gasteiger charge is 2.53. The summed E-state index contributed by atoms with van der Waals surface area (Å²) in [4.78, 5) is 0. The highest BCUT2D eigenvalue weighted by molar-refractivity contribution is 6.75. The maximum atomic E-state index is 13.8. The zero-order valence-corrected chi connectivity index (χ0v) is 9.56. The molecule has 0 saturated heterocycles. The molecule has 0 heterocycles. The van der Waals surface area contributed by atoms with E-state index in [2.05, 4.69) is 0 Å². The van der Waals surface area contributed by atoms with Crippen LogP contribution in [0.5, 0.6) is 0 Å². The van der Waals surface area contributed by atoms with Gasteiger partial charge in [0.05, 0.1) is 12.1 Å².